The molecule has 1 aromatic heterocycles. The van der Waals surface area contributed by atoms with Gasteiger partial charge in [0.25, 0.3) is 5.91 Å². The summed E-state index contributed by atoms with van der Waals surface area (Å²) in [5.74, 6) is 1.45. The Labute approximate surface area is 168 Å². The summed E-state index contributed by atoms with van der Waals surface area (Å²) in [6, 6.07) is 8.99. The minimum atomic E-state index is -0.244. The predicted molar refractivity (Wildman–Crippen MR) is 117 cm³/mol. The minimum absolute atomic E-state index is 0.00872. The molecule has 1 fully saturated rings. The number of carbonyl (C=O) groups excluding carboxylic acids is 1. The number of benzene rings is 1. The van der Waals surface area contributed by atoms with Crippen molar-refractivity contribution in [1.82, 2.24) is 4.98 Å². The van der Waals surface area contributed by atoms with Crippen molar-refractivity contribution in [2.24, 2.45) is 11.8 Å². The summed E-state index contributed by atoms with van der Waals surface area (Å²) < 4.78 is 0. The third-order valence-corrected chi connectivity index (χ3v) is 5.43. The average molecular weight is 383 g/mol. The number of aromatic amines is 1. The van der Waals surface area contributed by atoms with Crippen molar-refractivity contribution in [3.05, 3.63) is 63.6 Å². The molecule has 1 amide bonds. The van der Waals surface area contributed by atoms with Crippen LogP contribution in [0.1, 0.15) is 81.4 Å². The maximum Gasteiger partial charge on any atom is 0.255 e. The van der Waals surface area contributed by atoms with Gasteiger partial charge in [-0.1, -0.05) is 52.8 Å². The molecule has 2 aliphatic carbocycles. The van der Waals surface area contributed by atoms with Gasteiger partial charge in [0, 0.05) is 23.0 Å². The van der Waals surface area contributed by atoms with Gasteiger partial charge in [-0.25, -0.2) is 0 Å². The molecule has 2 aromatic rings. The van der Waals surface area contributed by atoms with Gasteiger partial charge in [0.05, 0.1) is 0 Å². The van der Waals surface area contributed by atoms with Crippen molar-refractivity contribution in [3.8, 4) is 0 Å². The van der Waals surface area contributed by atoms with Gasteiger partial charge in [0.2, 0.25) is 5.43 Å². The molecule has 2 aliphatic rings. The van der Waals surface area contributed by atoms with E-state index in [-0.39, 0.29) is 11.3 Å². The second-order valence-electron chi connectivity index (χ2n) is 7.32. The molecule has 4 rings (SSSR count). The molecule has 0 saturated heterocycles. The third kappa shape index (κ3) is 4.73. The van der Waals surface area contributed by atoms with Crippen LogP contribution in [0.3, 0.4) is 0 Å². The minimum Gasteiger partial charge on any atom is -0.363 e. The fraction of sp³-hybridized carbons (Fsp3) is 0.500. The number of carbonyl (C=O) groups is 1. The molecule has 3 unspecified atom stereocenters. The third-order valence-electron chi connectivity index (χ3n) is 5.43. The first-order chi connectivity index (χ1) is 13.6. The van der Waals surface area contributed by atoms with E-state index < -0.39 is 0 Å². The van der Waals surface area contributed by atoms with Gasteiger partial charge in [-0.15, -0.1) is 0 Å². The van der Waals surface area contributed by atoms with E-state index in [1.165, 1.54) is 6.42 Å². The lowest BCUT2D eigenvalue weighted by Crippen LogP contribution is -2.33. The summed E-state index contributed by atoms with van der Waals surface area (Å²) >= 11 is 0. The fourth-order valence-corrected chi connectivity index (χ4v) is 4.50. The highest BCUT2D eigenvalue weighted by Crippen LogP contribution is 2.44. The number of aromatic nitrogens is 1. The van der Waals surface area contributed by atoms with Crippen molar-refractivity contribution in [3.63, 3.8) is 0 Å². The van der Waals surface area contributed by atoms with Gasteiger partial charge in [-0.3, -0.25) is 9.59 Å². The summed E-state index contributed by atoms with van der Waals surface area (Å²) in [4.78, 5) is 28.6. The van der Waals surface area contributed by atoms with Crippen molar-refractivity contribution >= 4 is 11.6 Å². The standard InChI is InChI=1S/C20H22N2O2.2C2H6/c1-12-7-13-9-15(8-12)18-16(10-13)21-11-17(19(18)23)22-20(24)14-5-3-2-4-6-14;2*1-2/h2-6,11-13,15H,7-10H2,1H3,(H,21,23)(H,22,24);2*1-2H3. The van der Waals surface area contributed by atoms with Crippen LogP contribution >= 0.6 is 0 Å². The van der Waals surface area contributed by atoms with Gasteiger partial charge < -0.3 is 10.3 Å². The summed E-state index contributed by atoms with van der Waals surface area (Å²) in [6.07, 6.45) is 6.05. The molecule has 1 aromatic carbocycles. The van der Waals surface area contributed by atoms with E-state index in [0.717, 1.165) is 30.5 Å². The highest BCUT2D eigenvalue weighted by Gasteiger charge is 2.35. The summed E-state index contributed by atoms with van der Waals surface area (Å²) in [5.41, 5.74) is 2.89. The van der Waals surface area contributed by atoms with Crippen molar-refractivity contribution in [1.29, 1.82) is 0 Å². The van der Waals surface area contributed by atoms with E-state index in [2.05, 4.69) is 17.2 Å². The lowest BCUT2D eigenvalue weighted by atomic mass is 9.67. The number of hydrogen-bond acceptors (Lipinski definition) is 2. The van der Waals surface area contributed by atoms with E-state index in [1.54, 1.807) is 18.3 Å². The van der Waals surface area contributed by atoms with Crippen LogP contribution < -0.4 is 10.7 Å². The van der Waals surface area contributed by atoms with E-state index in [0.29, 0.717) is 29.0 Å². The summed E-state index contributed by atoms with van der Waals surface area (Å²) in [7, 11) is 0. The monoisotopic (exact) mass is 382 g/mol. The molecule has 3 atom stereocenters. The molecule has 4 heteroatoms. The van der Waals surface area contributed by atoms with Crippen LogP contribution in [0.2, 0.25) is 0 Å². The second-order valence-corrected chi connectivity index (χ2v) is 7.32. The van der Waals surface area contributed by atoms with E-state index in [1.807, 2.05) is 45.9 Å². The molecule has 28 heavy (non-hydrogen) atoms. The van der Waals surface area contributed by atoms with Gasteiger partial charge in [-0.05, 0) is 55.6 Å². The number of amides is 1. The van der Waals surface area contributed by atoms with E-state index in [9.17, 15) is 9.59 Å². The van der Waals surface area contributed by atoms with Crippen molar-refractivity contribution in [2.45, 2.75) is 66.2 Å². The highest BCUT2D eigenvalue weighted by molar-refractivity contribution is 6.04. The molecule has 152 valence electrons. The molecule has 0 spiro atoms. The average Bonchev–Trinajstić information content (AvgIpc) is 2.73. The lowest BCUT2D eigenvalue weighted by molar-refractivity contribution is 0.102. The molecule has 0 aliphatic heterocycles. The van der Waals surface area contributed by atoms with E-state index >= 15 is 0 Å². The Morgan fingerprint density at radius 2 is 1.71 bits per heavy atom. The maximum atomic E-state index is 13.0. The number of anilines is 1. The first kappa shape index (κ1) is 21.9. The Balaban J connectivity index is 0.000000660. The molecule has 4 nitrogen and oxygen atoms in total. The number of nitrogens with one attached hydrogen (secondary N) is 2. The summed E-state index contributed by atoms with van der Waals surface area (Å²) in [6.45, 7) is 10.3. The topological polar surface area (TPSA) is 62.0 Å². The van der Waals surface area contributed by atoms with Gasteiger partial charge in [-0.2, -0.15) is 0 Å². The van der Waals surface area contributed by atoms with Gasteiger partial charge in [0.1, 0.15) is 5.69 Å². The predicted octanol–water partition coefficient (Wildman–Crippen LogP) is 5.76. The van der Waals surface area contributed by atoms with Crippen LogP contribution in [0.5, 0.6) is 0 Å². The van der Waals surface area contributed by atoms with Crippen LogP contribution in [-0.2, 0) is 6.42 Å². The Hall–Kier alpha value is -2.36. The second kappa shape index (κ2) is 10.3. The Kier molecular flexibility index (Phi) is 8.04. The van der Waals surface area contributed by atoms with Crippen LogP contribution in [-0.4, -0.2) is 10.9 Å². The Morgan fingerprint density at radius 3 is 2.39 bits per heavy atom. The Bertz CT molecular complexity index is 826. The number of pyridine rings is 1. The molecular formula is C24H34N2O2. The van der Waals surface area contributed by atoms with Crippen LogP contribution in [0.25, 0.3) is 0 Å². The lowest BCUT2D eigenvalue weighted by Gasteiger charge is -2.38. The van der Waals surface area contributed by atoms with E-state index in [4.69, 9.17) is 0 Å². The van der Waals surface area contributed by atoms with Gasteiger partial charge in [0.15, 0.2) is 0 Å². The molecule has 2 bridgehead atoms. The smallest absolute Gasteiger partial charge is 0.255 e. The van der Waals surface area contributed by atoms with Crippen molar-refractivity contribution in [2.75, 3.05) is 5.32 Å². The molecule has 1 heterocycles. The first-order valence-electron chi connectivity index (χ1n) is 10.7. The Morgan fingerprint density at radius 1 is 1.04 bits per heavy atom. The SMILES string of the molecule is CC.CC.CC1CC2Cc3[nH]cc(NC(=O)c4ccccc4)c(=O)c3C(C1)C2. The molecule has 1 saturated carbocycles. The fourth-order valence-electron chi connectivity index (χ4n) is 4.50. The number of fused-ring (bicyclic) bond motifs is 4. The zero-order valence-corrected chi connectivity index (χ0v) is 17.8. The van der Waals surface area contributed by atoms with Crippen LogP contribution in [0, 0.1) is 11.8 Å². The van der Waals surface area contributed by atoms with Crippen LogP contribution in [0.15, 0.2) is 41.3 Å². The quantitative estimate of drug-likeness (QED) is 0.694. The maximum absolute atomic E-state index is 13.0. The largest absolute Gasteiger partial charge is 0.363 e. The van der Waals surface area contributed by atoms with Crippen molar-refractivity contribution < 1.29 is 4.79 Å². The number of rotatable bonds is 2. The highest BCUT2D eigenvalue weighted by atomic mass is 16.2. The summed E-state index contributed by atoms with van der Waals surface area (Å²) in [5, 5.41) is 2.78. The normalized spacial score (nSPS) is 21.8. The number of H-pyrrole nitrogens is 1. The number of hydrogen-bond donors (Lipinski definition) is 2. The van der Waals surface area contributed by atoms with Gasteiger partial charge >= 0.3 is 0 Å². The van der Waals surface area contributed by atoms with Crippen LogP contribution in [0.4, 0.5) is 5.69 Å². The molecular weight excluding hydrogens is 348 g/mol. The zero-order valence-electron chi connectivity index (χ0n) is 17.8. The zero-order chi connectivity index (χ0) is 20.7. The molecule has 0 radical (unpaired) electrons. The molecule has 2 N–H and O–H groups in total. The first-order valence-corrected chi connectivity index (χ1v) is 10.7.